The van der Waals surface area contributed by atoms with Crippen molar-refractivity contribution in [2.45, 2.75) is 76.5 Å². The second-order valence-electron chi connectivity index (χ2n) is 10.7. The molecule has 1 aliphatic carbocycles. The summed E-state index contributed by atoms with van der Waals surface area (Å²) in [4.78, 5) is 25.5. The van der Waals surface area contributed by atoms with Gasteiger partial charge >= 0.3 is 11.9 Å². The van der Waals surface area contributed by atoms with Gasteiger partial charge in [-0.3, -0.25) is 0 Å². The summed E-state index contributed by atoms with van der Waals surface area (Å²) in [5.74, 6) is 0.145. The average Bonchev–Trinajstić information content (AvgIpc) is 3.51. The molecule has 0 N–H and O–H groups in total. The summed E-state index contributed by atoms with van der Waals surface area (Å²) in [6.45, 7) is 8.97. The molecule has 0 aromatic heterocycles. The minimum Gasteiger partial charge on any atom is -0.457 e. The van der Waals surface area contributed by atoms with Gasteiger partial charge in [-0.1, -0.05) is 51.1 Å². The van der Waals surface area contributed by atoms with Crippen molar-refractivity contribution < 1.29 is 28.5 Å². The summed E-state index contributed by atoms with van der Waals surface area (Å²) < 4.78 is 24.2. The highest BCUT2D eigenvalue weighted by Crippen LogP contribution is 2.63. The van der Waals surface area contributed by atoms with Crippen LogP contribution in [0.15, 0.2) is 36.4 Å². The lowest BCUT2D eigenvalue weighted by molar-refractivity contribution is -0.264. The Bertz CT molecular complexity index is 937. The first-order valence-electron chi connectivity index (χ1n) is 12.2. The van der Waals surface area contributed by atoms with Gasteiger partial charge in [0.15, 0.2) is 6.10 Å². The lowest BCUT2D eigenvalue weighted by Gasteiger charge is -2.52. The number of esters is 2. The van der Waals surface area contributed by atoms with Crippen molar-refractivity contribution in [3.05, 3.63) is 42.0 Å². The van der Waals surface area contributed by atoms with E-state index in [2.05, 4.69) is 27.7 Å². The van der Waals surface area contributed by atoms with Crippen molar-refractivity contribution in [3.63, 3.8) is 0 Å². The second kappa shape index (κ2) is 8.24. The van der Waals surface area contributed by atoms with Crippen molar-refractivity contribution >= 4 is 18.0 Å². The van der Waals surface area contributed by atoms with Crippen LogP contribution in [0.1, 0.15) is 52.5 Å². The topological polar surface area (TPSA) is 74.4 Å². The SMILES string of the molecule is CC(C)[C@@]12C[C@@H](OC(=O)[C@H]3CO3)[C@@](C)(O1)[C@@H]1CC[C@@H](C)[C@H]1[C@@H]2OC(=O)/C=C/c1ccccc1. The van der Waals surface area contributed by atoms with Crippen molar-refractivity contribution in [2.75, 3.05) is 6.61 Å². The average molecular weight is 455 g/mol. The van der Waals surface area contributed by atoms with Gasteiger partial charge < -0.3 is 18.9 Å². The molecule has 0 spiro atoms. The van der Waals surface area contributed by atoms with Crippen molar-refractivity contribution in [1.82, 2.24) is 0 Å². The molecule has 3 aliphatic heterocycles. The molecule has 6 nitrogen and oxygen atoms in total. The van der Waals surface area contributed by atoms with E-state index in [1.807, 2.05) is 30.3 Å². The Morgan fingerprint density at radius 3 is 2.55 bits per heavy atom. The number of epoxide rings is 1. The van der Waals surface area contributed by atoms with Crippen LogP contribution in [-0.4, -0.2) is 48.1 Å². The zero-order valence-corrected chi connectivity index (χ0v) is 19.9. The Labute approximate surface area is 195 Å². The number of carbonyl (C=O) groups excluding carboxylic acids is 2. The summed E-state index contributed by atoms with van der Waals surface area (Å²) in [6.07, 6.45) is 4.62. The minimum absolute atomic E-state index is 0.0855. The Morgan fingerprint density at radius 1 is 1.15 bits per heavy atom. The maximum absolute atomic E-state index is 13.0. The second-order valence-corrected chi connectivity index (χ2v) is 10.7. The molecule has 0 radical (unpaired) electrons. The summed E-state index contributed by atoms with van der Waals surface area (Å²) in [7, 11) is 0. The highest BCUT2D eigenvalue weighted by molar-refractivity contribution is 5.87. The Kier molecular flexibility index (Phi) is 5.65. The summed E-state index contributed by atoms with van der Waals surface area (Å²) in [6, 6.07) is 9.71. The fourth-order valence-electron chi connectivity index (χ4n) is 6.54. The fourth-order valence-corrected chi connectivity index (χ4v) is 6.54. The van der Waals surface area contributed by atoms with Crippen LogP contribution in [0.3, 0.4) is 0 Å². The Balaban J connectivity index is 1.44. The van der Waals surface area contributed by atoms with E-state index >= 15 is 0 Å². The van der Waals surface area contributed by atoms with Gasteiger partial charge in [-0.2, -0.15) is 0 Å². The number of rotatable bonds is 6. The molecule has 8 atom stereocenters. The summed E-state index contributed by atoms with van der Waals surface area (Å²) in [5.41, 5.74) is -0.338. The van der Waals surface area contributed by atoms with E-state index in [1.165, 1.54) is 6.08 Å². The molecule has 0 unspecified atom stereocenters. The van der Waals surface area contributed by atoms with Crippen LogP contribution in [0.2, 0.25) is 0 Å². The van der Waals surface area contributed by atoms with Crippen LogP contribution in [-0.2, 0) is 28.5 Å². The van der Waals surface area contributed by atoms with E-state index < -0.39 is 17.3 Å². The molecule has 178 valence electrons. The predicted octanol–water partition coefficient (Wildman–Crippen LogP) is 4.17. The monoisotopic (exact) mass is 454 g/mol. The molecule has 1 aromatic carbocycles. The number of carbonyl (C=O) groups is 2. The molecule has 2 bridgehead atoms. The smallest absolute Gasteiger partial charge is 0.338 e. The lowest BCUT2D eigenvalue weighted by atomic mass is 9.69. The zero-order valence-electron chi connectivity index (χ0n) is 19.9. The molecule has 5 rings (SSSR count). The van der Waals surface area contributed by atoms with Crippen LogP contribution >= 0.6 is 0 Å². The number of ether oxygens (including phenoxy) is 4. The number of fused-ring (bicyclic) bond motifs is 4. The standard InChI is InChI=1S/C27H34O6/c1-16(2)27-14-21(31-25(29)20-15-30-20)26(4,33-27)19-12-10-17(3)23(19)24(27)32-22(28)13-11-18-8-6-5-7-9-18/h5-9,11,13,16-17,19-21,23-24H,10,12,14-15H2,1-4H3/b13-11+/t17-,19-,20-,21-,23-,24+,26+,27-/m1/s1. The van der Waals surface area contributed by atoms with Crippen molar-refractivity contribution in [2.24, 2.45) is 23.7 Å². The molecule has 0 amide bonds. The van der Waals surface area contributed by atoms with Crippen molar-refractivity contribution in [1.29, 1.82) is 0 Å². The van der Waals surface area contributed by atoms with E-state index in [1.54, 1.807) is 6.08 Å². The molecule has 3 heterocycles. The van der Waals surface area contributed by atoms with Gasteiger partial charge in [0.05, 0.1) is 6.61 Å². The Hall–Kier alpha value is -2.18. The first kappa shape index (κ1) is 22.6. The van der Waals surface area contributed by atoms with Gasteiger partial charge in [-0.25, -0.2) is 9.59 Å². The van der Waals surface area contributed by atoms with Gasteiger partial charge in [-0.15, -0.1) is 0 Å². The largest absolute Gasteiger partial charge is 0.457 e. The molecule has 3 saturated heterocycles. The fraction of sp³-hybridized carbons (Fsp3) is 0.630. The number of benzene rings is 1. The molecule has 4 fully saturated rings. The van der Waals surface area contributed by atoms with Gasteiger partial charge in [0, 0.05) is 18.4 Å². The quantitative estimate of drug-likeness (QED) is 0.365. The van der Waals surface area contributed by atoms with Crippen LogP contribution < -0.4 is 0 Å². The normalized spacial score (nSPS) is 41.2. The third-order valence-electron chi connectivity index (χ3n) is 8.46. The zero-order chi connectivity index (χ0) is 23.4. The summed E-state index contributed by atoms with van der Waals surface area (Å²) in [5, 5.41) is 0. The highest BCUT2D eigenvalue weighted by atomic mass is 16.7. The third kappa shape index (κ3) is 3.81. The number of hydrogen-bond acceptors (Lipinski definition) is 6. The minimum atomic E-state index is -0.694. The Morgan fingerprint density at radius 2 is 1.88 bits per heavy atom. The molecular formula is C27H34O6. The molecule has 4 aliphatic rings. The lowest BCUT2D eigenvalue weighted by Crippen LogP contribution is -2.62. The first-order chi connectivity index (χ1) is 15.7. The number of hydrogen-bond donors (Lipinski definition) is 0. The molecule has 6 heteroatoms. The van der Waals surface area contributed by atoms with E-state index in [-0.39, 0.29) is 41.9 Å². The van der Waals surface area contributed by atoms with Crippen molar-refractivity contribution in [3.8, 4) is 0 Å². The van der Waals surface area contributed by atoms with Gasteiger partial charge in [-0.05, 0) is 49.2 Å². The van der Waals surface area contributed by atoms with E-state index in [4.69, 9.17) is 18.9 Å². The molecular weight excluding hydrogens is 420 g/mol. The van der Waals surface area contributed by atoms with Gasteiger partial charge in [0.2, 0.25) is 0 Å². The third-order valence-corrected chi connectivity index (χ3v) is 8.46. The first-order valence-corrected chi connectivity index (χ1v) is 12.2. The maximum atomic E-state index is 13.0. The highest BCUT2D eigenvalue weighted by Gasteiger charge is 2.72. The van der Waals surface area contributed by atoms with Crippen LogP contribution in [0, 0.1) is 23.7 Å². The van der Waals surface area contributed by atoms with E-state index in [9.17, 15) is 9.59 Å². The molecule has 33 heavy (non-hydrogen) atoms. The van der Waals surface area contributed by atoms with E-state index in [0.29, 0.717) is 18.9 Å². The van der Waals surface area contributed by atoms with Crippen LogP contribution in [0.25, 0.3) is 6.08 Å². The molecule has 1 aromatic rings. The van der Waals surface area contributed by atoms with Crippen LogP contribution in [0.4, 0.5) is 0 Å². The van der Waals surface area contributed by atoms with E-state index in [0.717, 1.165) is 18.4 Å². The maximum Gasteiger partial charge on any atom is 0.338 e. The van der Waals surface area contributed by atoms with Gasteiger partial charge in [0.1, 0.15) is 23.4 Å². The van der Waals surface area contributed by atoms with Crippen LogP contribution in [0.5, 0.6) is 0 Å². The summed E-state index contributed by atoms with van der Waals surface area (Å²) >= 11 is 0. The van der Waals surface area contributed by atoms with Gasteiger partial charge in [0.25, 0.3) is 0 Å². The predicted molar refractivity (Wildman–Crippen MR) is 122 cm³/mol. The molecule has 1 saturated carbocycles.